The van der Waals surface area contributed by atoms with Crippen LogP contribution in [0.2, 0.25) is 0 Å². The zero-order valence-corrected chi connectivity index (χ0v) is 14.3. The molecular formula is C21H24N2O2. The molecule has 2 aliphatic rings. The summed E-state index contributed by atoms with van der Waals surface area (Å²) in [5, 5.41) is 16.7. The summed E-state index contributed by atoms with van der Waals surface area (Å²) >= 11 is 0. The van der Waals surface area contributed by atoms with Gasteiger partial charge in [-0.25, -0.2) is 0 Å². The first kappa shape index (κ1) is 15.4. The van der Waals surface area contributed by atoms with Crippen molar-refractivity contribution >= 4 is 21.8 Å². The minimum absolute atomic E-state index is 0.352. The molecule has 0 aliphatic carbocycles. The molecule has 4 nitrogen and oxygen atoms in total. The third-order valence-electron chi connectivity index (χ3n) is 5.79. The third kappa shape index (κ3) is 2.65. The molecule has 130 valence electrons. The summed E-state index contributed by atoms with van der Waals surface area (Å²) in [5.74, 6) is 0. The number of nitrogens with one attached hydrogen (secondary N) is 1. The van der Waals surface area contributed by atoms with E-state index in [4.69, 9.17) is 4.74 Å². The van der Waals surface area contributed by atoms with Crippen LogP contribution < -0.4 is 5.32 Å². The van der Waals surface area contributed by atoms with Crippen molar-refractivity contribution in [2.75, 3.05) is 6.54 Å². The van der Waals surface area contributed by atoms with Crippen LogP contribution in [0.4, 0.5) is 0 Å². The van der Waals surface area contributed by atoms with Crippen molar-refractivity contribution in [2.24, 2.45) is 0 Å². The lowest BCUT2D eigenvalue weighted by Crippen LogP contribution is -2.42. The summed E-state index contributed by atoms with van der Waals surface area (Å²) in [7, 11) is 0. The number of aliphatic hydroxyl groups excluding tert-OH is 1. The normalized spacial score (nSPS) is 26.7. The standard InChI is InChI=1S/C21H24N2O2/c24-14(12-22-18-11-15-9-10-21(18)25-15)13-23-19-7-3-1-5-16(19)17-6-2-4-8-20(17)23/h1-8,14-15,18,21-22,24H,9-13H2. The Labute approximate surface area is 147 Å². The monoisotopic (exact) mass is 336 g/mol. The van der Waals surface area contributed by atoms with Gasteiger partial charge in [-0.2, -0.15) is 0 Å². The third-order valence-corrected chi connectivity index (χ3v) is 5.79. The quantitative estimate of drug-likeness (QED) is 0.753. The van der Waals surface area contributed by atoms with Crippen LogP contribution in [0.1, 0.15) is 19.3 Å². The van der Waals surface area contributed by atoms with Gasteiger partial charge in [-0.05, 0) is 31.4 Å². The highest BCUT2D eigenvalue weighted by atomic mass is 16.5. The number of nitrogens with zero attached hydrogens (tertiary/aromatic N) is 1. The summed E-state index contributed by atoms with van der Waals surface area (Å²) < 4.78 is 8.13. The van der Waals surface area contributed by atoms with Gasteiger partial charge in [-0.1, -0.05) is 36.4 Å². The fourth-order valence-corrected chi connectivity index (χ4v) is 4.62. The van der Waals surface area contributed by atoms with E-state index >= 15 is 0 Å². The maximum Gasteiger partial charge on any atom is 0.0843 e. The number of para-hydroxylation sites is 2. The Morgan fingerprint density at radius 2 is 1.72 bits per heavy atom. The maximum absolute atomic E-state index is 10.6. The van der Waals surface area contributed by atoms with Crippen LogP contribution in [0, 0.1) is 0 Å². The van der Waals surface area contributed by atoms with E-state index in [9.17, 15) is 5.11 Å². The van der Waals surface area contributed by atoms with E-state index in [1.165, 1.54) is 28.2 Å². The molecule has 4 atom stereocenters. The van der Waals surface area contributed by atoms with E-state index in [0.717, 1.165) is 12.8 Å². The van der Waals surface area contributed by atoms with Gasteiger partial charge in [0.15, 0.2) is 0 Å². The zero-order valence-electron chi connectivity index (χ0n) is 14.3. The molecule has 0 radical (unpaired) electrons. The molecule has 2 fully saturated rings. The summed E-state index contributed by atoms with van der Waals surface area (Å²) in [6, 6.07) is 17.3. The SMILES string of the molecule is OC(CNC1CC2CCC1O2)Cn1c2ccccc2c2ccccc21. The average Bonchev–Trinajstić information content (AvgIpc) is 3.34. The molecule has 5 rings (SSSR count). The largest absolute Gasteiger partial charge is 0.390 e. The maximum atomic E-state index is 10.6. The first-order valence-corrected chi connectivity index (χ1v) is 9.32. The van der Waals surface area contributed by atoms with Gasteiger partial charge in [0.1, 0.15) is 0 Å². The molecule has 2 N–H and O–H groups in total. The van der Waals surface area contributed by atoms with E-state index in [-0.39, 0.29) is 0 Å². The molecule has 2 bridgehead atoms. The number of rotatable bonds is 5. The van der Waals surface area contributed by atoms with E-state index in [1.807, 2.05) is 0 Å². The topological polar surface area (TPSA) is 46.4 Å². The Kier molecular flexibility index (Phi) is 3.77. The predicted octanol–water partition coefficient (Wildman–Crippen LogP) is 3.06. The van der Waals surface area contributed by atoms with E-state index in [1.54, 1.807) is 0 Å². The van der Waals surface area contributed by atoms with Crippen LogP contribution >= 0.6 is 0 Å². The van der Waals surface area contributed by atoms with Crippen molar-refractivity contribution in [1.82, 2.24) is 9.88 Å². The van der Waals surface area contributed by atoms with Gasteiger partial charge in [0.05, 0.1) is 24.9 Å². The molecule has 1 aromatic heterocycles. The second-order valence-electron chi connectivity index (χ2n) is 7.42. The van der Waals surface area contributed by atoms with Crippen LogP contribution in [-0.2, 0) is 11.3 Å². The van der Waals surface area contributed by atoms with E-state index in [2.05, 4.69) is 58.4 Å². The number of hydrogen-bond donors (Lipinski definition) is 2. The van der Waals surface area contributed by atoms with Gasteiger partial charge in [0.25, 0.3) is 0 Å². The van der Waals surface area contributed by atoms with Crippen LogP contribution in [0.5, 0.6) is 0 Å². The number of aliphatic hydroxyl groups is 1. The van der Waals surface area contributed by atoms with Crippen molar-refractivity contribution in [1.29, 1.82) is 0 Å². The Balaban J connectivity index is 1.36. The van der Waals surface area contributed by atoms with Gasteiger partial charge < -0.3 is 19.7 Å². The Morgan fingerprint density at radius 1 is 1.04 bits per heavy atom. The summed E-state index contributed by atoms with van der Waals surface area (Å²) in [5.41, 5.74) is 2.37. The second kappa shape index (κ2) is 6.13. The average molecular weight is 336 g/mol. The first-order valence-electron chi connectivity index (χ1n) is 9.32. The van der Waals surface area contributed by atoms with Crippen molar-refractivity contribution in [3.8, 4) is 0 Å². The summed E-state index contributed by atoms with van der Waals surface area (Å²) in [4.78, 5) is 0. The number of benzene rings is 2. The van der Waals surface area contributed by atoms with Crippen LogP contribution in [0.3, 0.4) is 0 Å². The van der Waals surface area contributed by atoms with Crippen molar-refractivity contribution in [3.05, 3.63) is 48.5 Å². The highest BCUT2D eigenvalue weighted by Gasteiger charge is 2.40. The molecule has 4 heteroatoms. The molecule has 3 heterocycles. The smallest absolute Gasteiger partial charge is 0.0843 e. The highest BCUT2D eigenvalue weighted by molar-refractivity contribution is 6.07. The molecule has 2 saturated heterocycles. The van der Waals surface area contributed by atoms with Gasteiger partial charge in [0.2, 0.25) is 0 Å². The summed E-state index contributed by atoms with van der Waals surface area (Å²) in [6.45, 7) is 1.21. The summed E-state index contributed by atoms with van der Waals surface area (Å²) in [6.07, 6.45) is 3.82. The number of aromatic nitrogens is 1. The fraction of sp³-hybridized carbons (Fsp3) is 0.429. The molecule has 0 spiro atoms. The molecule has 0 amide bonds. The van der Waals surface area contributed by atoms with Gasteiger partial charge >= 0.3 is 0 Å². The molecule has 2 aliphatic heterocycles. The van der Waals surface area contributed by atoms with Crippen molar-refractivity contribution in [2.45, 2.75) is 50.2 Å². The lowest BCUT2D eigenvalue weighted by molar-refractivity contribution is 0.0932. The molecule has 3 aromatic rings. The van der Waals surface area contributed by atoms with Crippen LogP contribution in [-0.4, -0.2) is 40.6 Å². The van der Waals surface area contributed by atoms with Crippen molar-refractivity contribution in [3.63, 3.8) is 0 Å². The number of hydrogen-bond acceptors (Lipinski definition) is 3. The lowest BCUT2D eigenvalue weighted by Gasteiger charge is -2.22. The van der Waals surface area contributed by atoms with Crippen LogP contribution in [0.15, 0.2) is 48.5 Å². The Morgan fingerprint density at radius 3 is 2.32 bits per heavy atom. The molecule has 4 unspecified atom stereocenters. The van der Waals surface area contributed by atoms with Crippen molar-refractivity contribution < 1.29 is 9.84 Å². The van der Waals surface area contributed by atoms with Gasteiger partial charge in [-0.15, -0.1) is 0 Å². The number of ether oxygens (including phenoxy) is 1. The van der Waals surface area contributed by atoms with Crippen LogP contribution in [0.25, 0.3) is 21.8 Å². The zero-order chi connectivity index (χ0) is 16.8. The Bertz CT molecular complexity index is 850. The molecule has 0 saturated carbocycles. The Hall–Kier alpha value is -1.88. The predicted molar refractivity (Wildman–Crippen MR) is 99.8 cm³/mol. The van der Waals surface area contributed by atoms with Gasteiger partial charge in [-0.3, -0.25) is 0 Å². The first-order chi connectivity index (χ1) is 12.3. The highest BCUT2D eigenvalue weighted by Crippen LogP contribution is 2.34. The number of fused-ring (bicyclic) bond motifs is 5. The lowest BCUT2D eigenvalue weighted by atomic mass is 9.95. The fourth-order valence-electron chi connectivity index (χ4n) is 4.62. The second-order valence-corrected chi connectivity index (χ2v) is 7.42. The molecule has 25 heavy (non-hydrogen) atoms. The minimum atomic E-state index is -0.418. The minimum Gasteiger partial charge on any atom is -0.390 e. The van der Waals surface area contributed by atoms with E-state index < -0.39 is 6.10 Å². The molecular weight excluding hydrogens is 312 g/mol. The molecule has 2 aromatic carbocycles. The van der Waals surface area contributed by atoms with Gasteiger partial charge in [0, 0.05) is 34.4 Å². The van der Waals surface area contributed by atoms with E-state index in [0.29, 0.717) is 31.3 Å².